The summed E-state index contributed by atoms with van der Waals surface area (Å²) >= 11 is 0. The number of hydrogen-bond acceptors (Lipinski definition) is 5. The molecule has 5 heterocycles. The molecule has 0 spiro atoms. The molecule has 1 fully saturated rings. The van der Waals surface area contributed by atoms with Crippen LogP contribution in [0.5, 0.6) is 0 Å². The monoisotopic (exact) mass is 897 g/mol. The number of nitrogens with zero attached hydrogens (tertiary/aromatic N) is 4. The van der Waals surface area contributed by atoms with Crippen LogP contribution in [0, 0.1) is 55.3 Å². The molecule has 2 aromatic heterocycles. The molecule has 4 aliphatic rings. The number of esters is 2. The van der Waals surface area contributed by atoms with Gasteiger partial charge in [0.15, 0.2) is 5.78 Å². The summed E-state index contributed by atoms with van der Waals surface area (Å²) in [5.41, 5.74) is 10.8. The van der Waals surface area contributed by atoms with Crippen LogP contribution in [-0.2, 0) is 25.5 Å². The van der Waals surface area contributed by atoms with Gasteiger partial charge < -0.3 is 30.1 Å². The fourth-order valence-electron chi connectivity index (χ4n) is 10.7. The minimum absolute atomic E-state index is 0. The van der Waals surface area contributed by atoms with Crippen molar-refractivity contribution >= 4 is 58.5 Å². The first-order valence-corrected chi connectivity index (χ1v) is 24.6. The number of allylic oxidation sites excluding steroid dienone is 4. The van der Waals surface area contributed by atoms with Gasteiger partial charge in [-0.3, -0.25) is 14.4 Å². The van der Waals surface area contributed by atoms with Crippen LogP contribution in [0.1, 0.15) is 178 Å². The van der Waals surface area contributed by atoms with Crippen LogP contribution in [0.4, 0.5) is 0 Å². The van der Waals surface area contributed by atoms with Gasteiger partial charge >= 0.3 is 35.0 Å². The van der Waals surface area contributed by atoms with Gasteiger partial charge in [0.1, 0.15) is 12.5 Å². The van der Waals surface area contributed by atoms with Crippen molar-refractivity contribution in [2.45, 2.75) is 166 Å². The Morgan fingerprint density at radius 2 is 1.52 bits per heavy atom. The first kappa shape index (κ1) is 52.2. The first-order valence-electron chi connectivity index (χ1n) is 24.6. The minimum atomic E-state index is -1.17. The largest absolute Gasteiger partial charge is 2.00 e. The van der Waals surface area contributed by atoms with Crippen molar-refractivity contribution in [3.05, 3.63) is 95.4 Å². The van der Waals surface area contributed by atoms with Crippen molar-refractivity contribution in [2.75, 3.05) is 13.7 Å². The summed E-state index contributed by atoms with van der Waals surface area (Å²) in [4.78, 5) is 51.7. The summed E-state index contributed by atoms with van der Waals surface area (Å²) in [7, 11) is 1.32. The second kappa shape index (κ2) is 23.3. The summed E-state index contributed by atoms with van der Waals surface area (Å²) in [6, 6.07) is -0.586. The van der Waals surface area contributed by atoms with Crippen molar-refractivity contribution < 1.29 is 23.9 Å². The van der Waals surface area contributed by atoms with Gasteiger partial charge in [0.2, 0.25) is 0 Å². The number of ketones is 1. The van der Waals surface area contributed by atoms with Crippen molar-refractivity contribution in [1.29, 1.82) is 0 Å². The molecule has 2 unspecified atom stereocenters. The van der Waals surface area contributed by atoms with E-state index in [2.05, 4.69) is 81.4 Å². The van der Waals surface area contributed by atoms with Crippen LogP contribution < -0.4 is 20.7 Å². The fraction of sp³-hybridized carbons (Fsp3) is 0.618. The van der Waals surface area contributed by atoms with Gasteiger partial charge in [0.05, 0.1) is 7.11 Å². The van der Waals surface area contributed by atoms with Gasteiger partial charge in [-0.25, -0.2) is 0 Å². The van der Waals surface area contributed by atoms with Crippen LogP contribution in [0.25, 0.3) is 28.4 Å². The first-order chi connectivity index (χ1) is 30.6. The molecule has 8 bridgehead atoms. The average Bonchev–Trinajstić information content (AvgIpc) is 3.99. The number of carbonyl (C=O) groups excluding carboxylic acids is 3. The molecule has 1 saturated heterocycles. The second-order valence-electron chi connectivity index (χ2n) is 20.0. The molecule has 10 heteroatoms. The van der Waals surface area contributed by atoms with Gasteiger partial charge in [0.25, 0.3) is 0 Å². The van der Waals surface area contributed by atoms with Crippen LogP contribution in [0.3, 0.4) is 0 Å². The third kappa shape index (κ3) is 11.9. The minimum Gasteiger partial charge on any atom is -0.681 e. The fourth-order valence-corrected chi connectivity index (χ4v) is 10.7. The Morgan fingerprint density at radius 3 is 2.17 bits per heavy atom. The zero-order valence-electron chi connectivity index (χ0n) is 41.9. The Hall–Kier alpha value is -3.76. The summed E-state index contributed by atoms with van der Waals surface area (Å²) < 4.78 is 11.1. The molecule has 3 aliphatic heterocycles. The van der Waals surface area contributed by atoms with Gasteiger partial charge in [-0.05, 0) is 101 Å². The van der Waals surface area contributed by atoms with Crippen LogP contribution in [0.15, 0.2) is 40.4 Å². The van der Waals surface area contributed by atoms with E-state index in [1.807, 2.05) is 19.1 Å². The van der Waals surface area contributed by atoms with E-state index in [0.29, 0.717) is 33.8 Å². The Morgan fingerprint density at radius 1 is 0.846 bits per heavy atom. The van der Waals surface area contributed by atoms with Gasteiger partial charge in [-0.15, -0.1) is 27.8 Å². The number of aromatic nitrogens is 2. The molecule has 0 N–H and O–H groups in total. The molecular weight excluding hydrogens is 821 g/mol. The Balaban J connectivity index is 0.00000793. The summed E-state index contributed by atoms with van der Waals surface area (Å²) in [6.07, 6.45) is 21.9. The molecule has 0 aromatic carbocycles. The number of carbonyl (C=O) groups is 3. The molecule has 2 aromatic rings. The molecule has 9 nitrogen and oxygen atoms in total. The maximum atomic E-state index is 14.4. The smallest absolute Gasteiger partial charge is 0.681 e. The van der Waals surface area contributed by atoms with Crippen molar-refractivity contribution in [3.63, 3.8) is 0 Å². The van der Waals surface area contributed by atoms with E-state index >= 15 is 0 Å². The van der Waals surface area contributed by atoms with E-state index in [1.165, 1.54) is 63.2 Å². The molecule has 7 atom stereocenters. The molecule has 6 rings (SSSR count). The number of methoxy groups -OCH3 is 1. The molecular formula is C55H76MgN4O5-2. The SMILES string of the molecule is CCc1c2[n-]c(c1C)/C=C1\[N-]C(=C(C)C1CC)/C=C1\[N-]C(C3=c4[n-]/c(c(C)c4C(=O)[C@@H]3C(=O)OC)=C\2)[C@@H](CCC(=O)OC/C=C(\C)CCC[C@H](C)CCC[C@H](C)CCCC(C)C)[C@@H]1C.[Mg+2]. The van der Waals surface area contributed by atoms with Crippen molar-refractivity contribution in [1.82, 2.24) is 9.97 Å². The molecule has 65 heavy (non-hydrogen) atoms. The summed E-state index contributed by atoms with van der Waals surface area (Å²) in [5, 5.41) is 11.7. The van der Waals surface area contributed by atoms with Crippen molar-refractivity contribution in [3.8, 4) is 0 Å². The molecule has 0 amide bonds. The van der Waals surface area contributed by atoms with E-state index in [0.717, 1.165) is 83.0 Å². The molecule has 1 aliphatic carbocycles. The predicted octanol–water partition coefficient (Wildman–Crippen LogP) is 11.0. The number of rotatable bonds is 20. The van der Waals surface area contributed by atoms with Crippen LogP contribution in [-0.4, -0.2) is 60.5 Å². The van der Waals surface area contributed by atoms with E-state index in [4.69, 9.17) is 30.1 Å². The maximum absolute atomic E-state index is 14.4. The van der Waals surface area contributed by atoms with E-state index in [9.17, 15) is 14.4 Å². The normalized spacial score (nSPS) is 24.4. The topological polar surface area (TPSA) is 126 Å². The van der Waals surface area contributed by atoms with Crippen LogP contribution >= 0.6 is 0 Å². The van der Waals surface area contributed by atoms with E-state index in [-0.39, 0.29) is 65.6 Å². The quantitative estimate of drug-likeness (QED) is 0.0560. The molecule has 0 radical (unpaired) electrons. The van der Waals surface area contributed by atoms with E-state index < -0.39 is 17.9 Å². The zero-order valence-corrected chi connectivity index (χ0v) is 43.3. The number of fused-ring (bicyclic) bond motifs is 8. The Bertz CT molecular complexity index is 2300. The average molecular weight is 898 g/mol. The third-order valence-corrected chi connectivity index (χ3v) is 14.9. The second-order valence-corrected chi connectivity index (χ2v) is 20.0. The van der Waals surface area contributed by atoms with Gasteiger partial charge in [0, 0.05) is 12.0 Å². The van der Waals surface area contributed by atoms with Gasteiger partial charge in [-0.1, -0.05) is 151 Å². The number of ether oxygens (including phenoxy) is 2. The van der Waals surface area contributed by atoms with Crippen LogP contribution in [0.2, 0.25) is 0 Å². The molecule has 350 valence electrons. The van der Waals surface area contributed by atoms with Gasteiger partial charge in [-0.2, -0.15) is 11.4 Å². The third-order valence-electron chi connectivity index (χ3n) is 14.9. The predicted molar refractivity (Wildman–Crippen MR) is 265 cm³/mol. The Labute approximate surface area is 406 Å². The summed E-state index contributed by atoms with van der Waals surface area (Å²) in [5.74, 6) is -0.225. The van der Waals surface area contributed by atoms with E-state index in [1.54, 1.807) is 0 Å². The zero-order chi connectivity index (χ0) is 46.4. The summed E-state index contributed by atoms with van der Waals surface area (Å²) in [6.45, 7) is 24.4. The maximum Gasteiger partial charge on any atom is 2.00 e. The van der Waals surface area contributed by atoms with Crippen molar-refractivity contribution in [2.24, 2.45) is 41.4 Å². The number of hydrogen-bond donors (Lipinski definition) is 0. The standard InChI is InChI=1S/C55H77N4O5.Mg/c1-13-39-35(8)42-28-44-37(10)41(24-25-48(60)64-27-26-34(7)23-17-22-33(6)21-16-20-32(5)19-15-18-31(3)4)52(58-44)50-51(55(62)63-12)54(61)49-38(11)45(59-53(49)50)30-47-40(14-2)36(9)43(57-47)29-46(39)56-42;/h26,28-33,37,39,41,51-52H,13-25,27H2,1-12H3,(H-,56,57,61);/q-3;+2/p-1/b34-26+,44-28-;/t32-,33-,37+,39?,41+,51-,52?;/m1./s1. The molecule has 0 saturated carbocycles. The number of Topliss-reactive ketones (excluding diaryl/α,β-unsaturated/α-hetero) is 1. The Kier molecular flexibility index (Phi) is 18.7.